The molecule has 2 aromatic carbocycles. The maximum Gasteiger partial charge on any atom is 0.266 e. The van der Waals surface area contributed by atoms with Gasteiger partial charge in [-0.25, -0.2) is 4.99 Å². The summed E-state index contributed by atoms with van der Waals surface area (Å²) in [5, 5.41) is 2.98. The topological polar surface area (TPSA) is 35.9 Å². The van der Waals surface area contributed by atoms with Gasteiger partial charge in [0.25, 0.3) is 5.91 Å². The lowest BCUT2D eigenvalue weighted by Gasteiger charge is -2.17. The number of amides is 1. The van der Waals surface area contributed by atoms with Crippen LogP contribution in [0.2, 0.25) is 10.0 Å². The number of aliphatic imine (C=N–C) groups is 1. The molecule has 1 fully saturated rings. The number of fused-ring (bicyclic) bond motifs is 1. The van der Waals surface area contributed by atoms with Crippen molar-refractivity contribution in [2.75, 3.05) is 18.0 Å². The number of carbonyl (C=O) groups is 1. The summed E-state index contributed by atoms with van der Waals surface area (Å²) < 4.78 is 0. The summed E-state index contributed by atoms with van der Waals surface area (Å²) in [6.07, 6.45) is 3.87. The van der Waals surface area contributed by atoms with Gasteiger partial charge in [0, 0.05) is 23.0 Å². The van der Waals surface area contributed by atoms with Crippen LogP contribution in [0.15, 0.2) is 74.4 Å². The minimum absolute atomic E-state index is 0.0447. The Morgan fingerprint density at radius 2 is 1.77 bits per heavy atom. The highest BCUT2D eigenvalue weighted by Crippen LogP contribution is 2.47. The molecule has 8 heteroatoms. The number of thioether (sulfide) groups is 2. The number of carbonyl (C=O) groups excluding carboxylic acids is 1. The number of benzene rings is 2. The number of allylic oxidation sites excluding steroid dienone is 2. The van der Waals surface area contributed by atoms with Crippen molar-refractivity contribution in [2.24, 2.45) is 4.99 Å². The molecule has 0 saturated carbocycles. The molecule has 0 aromatic heterocycles. The molecule has 1 amide bonds. The van der Waals surface area contributed by atoms with Crippen molar-refractivity contribution in [3.63, 3.8) is 0 Å². The van der Waals surface area contributed by atoms with Gasteiger partial charge in [0.2, 0.25) is 0 Å². The van der Waals surface area contributed by atoms with E-state index < -0.39 is 0 Å². The number of para-hydroxylation sites is 1. The fourth-order valence-electron chi connectivity index (χ4n) is 3.20. The Morgan fingerprint density at radius 1 is 1.00 bits per heavy atom. The number of halogens is 2. The van der Waals surface area contributed by atoms with Crippen LogP contribution in [0.5, 0.6) is 0 Å². The lowest BCUT2D eigenvalue weighted by molar-refractivity contribution is -0.122. The Kier molecular flexibility index (Phi) is 6.48. The standard InChI is InChI=1S/C22H19Cl2N3OS2/c1-3-26-17-13-14(23)9-10-18(17)29-20(26)12-11-19-21(28)27(4-2)22(30-19)25-16-8-6-5-7-15(16)24/h5-13H,3-4H2,1-2H3/b19-11+,20-12-,25-22?. The van der Waals surface area contributed by atoms with Crippen LogP contribution < -0.4 is 4.90 Å². The van der Waals surface area contributed by atoms with Gasteiger partial charge >= 0.3 is 0 Å². The summed E-state index contributed by atoms with van der Waals surface area (Å²) in [5.74, 6) is -0.0447. The third-order valence-electron chi connectivity index (χ3n) is 4.66. The van der Waals surface area contributed by atoms with E-state index in [1.807, 2.05) is 55.5 Å². The van der Waals surface area contributed by atoms with Gasteiger partial charge in [0.15, 0.2) is 5.17 Å². The lowest BCUT2D eigenvalue weighted by Crippen LogP contribution is -2.28. The molecular weight excluding hydrogens is 457 g/mol. The van der Waals surface area contributed by atoms with E-state index in [9.17, 15) is 4.79 Å². The van der Waals surface area contributed by atoms with Crippen LogP contribution in [0.4, 0.5) is 11.4 Å². The first-order chi connectivity index (χ1) is 14.5. The van der Waals surface area contributed by atoms with Crippen LogP contribution in [0.25, 0.3) is 0 Å². The third kappa shape index (κ3) is 4.14. The van der Waals surface area contributed by atoms with Gasteiger partial charge in [-0.05, 0) is 68.1 Å². The van der Waals surface area contributed by atoms with E-state index in [-0.39, 0.29) is 5.91 Å². The molecule has 30 heavy (non-hydrogen) atoms. The van der Waals surface area contributed by atoms with E-state index in [1.54, 1.807) is 22.7 Å². The summed E-state index contributed by atoms with van der Waals surface area (Å²) >= 11 is 15.5. The first kappa shape index (κ1) is 21.4. The molecule has 2 aliphatic rings. The summed E-state index contributed by atoms with van der Waals surface area (Å²) in [5.41, 5.74) is 1.75. The molecule has 0 spiro atoms. The summed E-state index contributed by atoms with van der Waals surface area (Å²) in [4.78, 5) is 23.2. The highest BCUT2D eigenvalue weighted by atomic mass is 35.5. The van der Waals surface area contributed by atoms with Crippen molar-refractivity contribution < 1.29 is 4.79 Å². The molecule has 4 rings (SSSR count). The maximum absolute atomic E-state index is 12.9. The van der Waals surface area contributed by atoms with Gasteiger partial charge in [-0.2, -0.15) is 0 Å². The van der Waals surface area contributed by atoms with Gasteiger partial charge in [-0.1, -0.05) is 47.1 Å². The van der Waals surface area contributed by atoms with Crippen LogP contribution in [-0.2, 0) is 4.79 Å². The number of hydrogen-bond acceptors (Lipinski definition) is 5. The third-order valence-corrected chi connectivity index (χ3v) is 7.37. The fourth-order valence-corrected chi connectivity index (χ4v) is 5.65. The lowest BCUT2D eigenvalue weighted by atomic mass is 10.3. The van der Waals surface area contributed by atoms with Gasteiger partial charge in [-0.15, -0.1) is 0 Å². The zero-order chi connectivity index (χ0) is 21.3. The predicted molar refractivity (Wildman–Crippen MR) is 130 cm³/mol. The summed E-state index contributed by atoms with van der Waals surface area (Å²) in [6.45, 7) is 5.40. The molecule has 2 aliphatic heterocycles. The molecule has 0 bridgehead atoms. The van der Waals surface area contributed by atoms with Crippen molar-refractivity contribution in [1.82, 2.24) is 4.90 Å². The molecule has 2 heterocycles. The number of likely N-dealkylation sites (N-methyl/N-ethyl adjacent to an activating group) is 1. The monoisotopic (exact) mass is 475 g/mol. The average molecular weight is 476 g/mol. The van der Waals surface area contributed by atoms with E-state index in [4.69, 9.17) is 23.2 Å². The number of amidine groups is 1. The van der Waals surface area contributed by atoms with Crippen molar-refractivity contribution in [2.45, 2.75) is 18.7 Å². The number of nitrogens with zero attached hydrogens (tertiary/aromatic N) is 3. The van der Waals surface area contributed by atoms with Gasteiger partial charge in [-0.3, -0.25) is 9.69 Å². The number of anilines is 1. The predicted octanol–water partition coefficient (Wildman–Crippen LogP) is 6.93. The smallest absolute Gasteiger partial charge is 0.266 e. The second-order valence-corrected chi connectivity index (χ2v) is 9.41. The van der Waals surface area contributed by atoms with Crippen LogP contribution in [0, 0.1) is 0 Å². The van der Waals surface area contributed by atoms with E-state index in [1.165, 1.54) is 11.8 Å². The second kappa shape index (κ2) is 9.10. The summed E-state index contributed by atoms with van der Waals surface area (Å²) in [6, 6.07) is 13.3. The van der Waals surface area contributed by atoms with Gasteiger partial charge in [0.1, 0.15) is 0 Å². The minimum Gasteiger partial charge on any atom is -0.335 e. The quantitative estimate of drug-likeness (QED) is 0.448. The molecule has 0 aliphatic carbocycles. The second-order valence-electron chi connectivity index (χ2n) is 6.49. The zero-order valence-electron chi connectivity index (χ0n) is 16.4. The molecule has 4 nitrogen and oxygen atoms in total. The molecule has 154 valence electrons. The van der Waals surface area contributed by atoms with Crippen LogP contribution in [0.1, 0.15) is 13.8 Å². The highest BCUT2D eigenvalue weighted by Gasteiger charge is 2.32. The van der Waals surface area contributed by atoms with Gasteiger partial charge in [0.05, 0.1) is 26.3 Å². The average Bonchev–Trinajstić information content (AvgIpc) is 3.23. The Morgan fingerprint density at radius 3 is 2.50 bits per heavy atom. The molecule has 0 radical (unpaired) electrons. The number of rotatable bonds is 4. The highest BCUT2D eigenvalue weighted by molar-refractivity contribution is 8.18. The fraction of sp³-hybridized carbons (Fsp3) is 0.182. The minimum atomic E-state index is -0.0447. The SMILES string of the molecule is CCN1C(=O)/C(=C\C=C2/Sc3ccc(Cl)cc3N2CC)SC1=Nc1ccccc1Cl. The van der Waals surface area contributed by atoms with E-state index in [0.717, 1.165) is 22.2 Å². The molecular formula is C22H19Cl2N3OS2. The van der Waals surface area contributed by atoms with Crippen molar-refractivity contribution >= 4 is 69.2 Å². The molecule has 0 N–H and O–H groups in total. The normalized spacial score (nSPS) is 20.1. The summed E-state index contributed by atoms with van der Waals surface area (Å²) in [7, 11) is 0. The Balaban J connectivity index is 1.63. The first-order valence-corrected chi connectivity index (χ1v) is 11.9. The Labute approximate surface area is 194 Å². The van der Waals surface area contributed by atoms with Crippen molar-refractivity contribution in [3.05, 3.63) is 74.6 Å². The molecule has 2 aromatic rings. The Hall–Kier alpha value is -1.86. The zero-order valence-corrected chi connectivity index (χ0v) is 19.6. The molecule has 0 unspecified atom stereocenters. The largest absolute Gasteiger partial charge is 0.335 e. The van der Waals surface area contributed by atoms with Gasteiger partial charge < -0.3 is 4.90 Å². The van der Waals surface area contributed by atoms with E-state index >= 15 is 0 Å². The maximum atomic E-state index is 12.9. The number of hydrogen-bond donors (Lipinski definition) is 0. The van der Waals surface area contributed by atoms with E-state index in [0.29, 0.717) is 32.4 Å². The Bertz CT molecular complexity index is 1100. The molecule has 1 saturated heterocycles. The molecule has 0 atom stereocenters. The van der Waals surface area contributed by atoms with E-state index in [2.05, 4.69) is 16.8 Å². The van der Waals surface area contributed by atoms with Crippen molar-refractivity contribution in [1.29, 1.82) is 0 Å². The first-order valence-electron chi connectivity index (χ1n) is 9.51. The van der Waals surface area contributed by atoms with Crippen LogP contribution in [0.3, 0.4) is 0 Å². The van der Waals surface area contributed by atoms with Crippen molar-refractivity contribution in [3.8, 4) is 0 Å². The van der Waals surface area contributed by atoms with Crippen LogP contribution in [-0.4, -0.2) is 29.1 Å². The van der Waals surface area contributed by atoms with Crippen LogP contribution >= 0.6 is 46.7 Å².